The van der Waals surface area contributed by atoms with Crippen LogP contribution in [0.2, 0.25) is 0 Å². The highest BCUT2D eigenvalue weighted by atomic mass is 19.1. The average molecular weight is 197 g/mol. The second-order valence-corrected chi connectivity index (χ2v) is 3.78. The summed E-state index contributed by atoms with van der Waals surface area (Å²) in [6.45, 7) is 0. The van der Waals surface area contributed by atoms with Crippen LogP contribution in [-0.4, -0.2) is 6.04 Å². The molecular weight excluding hydrogens is 184 g/mol. The zero-order valence-electron chi connectivity index (χ0n) is 7.89. The normalized spacial score (nSPS) is 17.3. The zero-order valence-corrected chi connectivity index (χ0v) is 7.89. The molecule has 0 atom stereocenters. The molecule has 1 nitrogen and oxygen atoms in total. The number of hydrogen-bond acceptors (Lipinski definition) is 1. The maximum Gasteiger partial charge on any atom is 0.128 e. The van der Waals surface area contributed by atoms with Gasteiger partial charge >= 0.3 is 0 Å². The van der Waals surface area contributed by atoms with Crippen LogP contribution in [0, 0.1) is 11.6 Å². The molecule has 1 aliphatic rings. The highest BCUT2D eigenvalue weighted by molar-refractivity contribution is 5.44. The third-order valence-electron chi connectivity index (χ3n) is 2.59. The third-order valence-corrected chi connectivity index (χ3v) is 2.59. The Morgan fingerprint density at radius 3 is 2.14 bits per heavy atom. The van der Waals surface area contributed by atoms with Gasteiger partial charge in [-0.15, -0.1) is 0 Å². The molecule has 1 aromatic carbocycles. The summed E-state index contributed by atoms with van der Waals surface area (Å²) in [6, 6.07) is 3.94. The Morgan fingerprint density at radius 1 is 1.00 bits per heavy atom. The maximum atomic E-state index is 12.8. The second-order valence-electron chi connectivity index (χ2n) is 3.78. The van der Waals surface area contributed by atoms with Gasteiger partial charge in [0.1, 0.15) is 11.6 Å². The van der Waals surface area contributed by atoms with E-state index in [0.717, 1.165) is 18.9 Å². The predicted molar refractivity (Wildman–Crippen MR) is 52.2 cm³/mol. The van der Waals surface area contributed by atoms with Gasteiger partial charge in [-0.3, -0.25) is 0 Å². The Morgan fingerprint density at radius 2 is 1.57 bits per heavy atom. The summed E-state index contributed by atoms with van der Waals surface area (Å²) in [7, 11) is 0. The van der Waals surface area contributed by atoms with Crippen LogP contribution in [0.15, 0.2) is 18.2 Å². The molecule has 0 aromatic heterocycles. The number of halogens is 2. The lowest BCUT2D eigenvalue weighted by Gasteiger charge is -2.13. The summed E-state index contributed by atoms with van der Waals surface area (Å²) in [6.07, 6.45) is 4.60. The van der Waals surface area contributed by atoms with E-state index < -0.39 is 11.6 Å². The van der Waals surface area contributed by atoms with Crippen LogP contribution in [0.4, 0.5) is 14.5 Å². The first kappa shape index (κ1) is 9.44. The van der Waals surface area contributed by atoms with E-state index in [1.54, 1.807) is 0 Å². The van der Waals surface area contributed by atoms with Crippen LogP contribution in [-0.2, 0) is 0 Å². The summed E-state index contributed by atoms with van der Waals surface area (Å²) in [5, 5.41) is 3.14. The summed E-state index contributed by atoms with van der Waals surface area (Å²) >= 11 is 0. The van der Waals surface area contributed by atoms with E-state index in [-0.39, 0.29) is 0 Å². The van der Waals surface area contributed by atoms with Crippen LogP contribution >= 0.6 is 0 Å². The Balaban J connectivity index is 2.07. The smallest absolute Gasteiger partial charge is 0.128 e. The van der Waals surface area contributed by atoms with Gasteiger partial charge in [0.2, 0.25) is 0 Å². The molecule has 2 rings (SSSR count). The SMILES string of the molecule is Fc1cc(F)cc(NC2CCCC2)c1. The van der Waals surface area contributed by atoms with E-state index in [4.69, 9.17) is 0 Å². The molecule has 1 fully saturated rings. The first-order valence-electron chi connectivity index (χ1n) is 4.97. The molecule has 0 aliphatic heterocycles. The molecule has 1 saturated carbocycles. The average Bonchev–Trinajstić information content (AvgIpc) is 2.54. The Hall–Kier alpha value is -1.12. The first-order chi connectivity index (χ1) is 6.74. The van der Waals surface area contributed by atoms with Gasteiger partial charge in [-0.25, -0.2) is 8.78 Å². The largest absolute Gasteiger partial charge is 0.382 e. The lowest BCUT2D eigenvalue weighted by atomic mass is 10.2. The minimum Gasteiger partial charge on any atom is -0.382 e. The molecule has 0 amide bonds. The quantitative estimate of drug-likeness (QED) is 0.766. The van der Waals surface area contributed by atoms with Crippen molar-refractivity contribution in [1.82, 2.24) is 0 Å². The van der Waals surface area contributed by atoms with Gasteiger partial charge in [0, 0.05) is 17.8 Å². The lowest BCUT2D eigenvalue weighted by molar-refractivity contribution is 0.583. The van der Waals surface area contributed by atoms with Crippen molar-refractivity contribution < 1.29 is 8.78 Å². The molecule has 14 heavy (non-hydrogen) atoms. The van der Waals surface area contributed by atoms with Crippen LogP contribution in [0.3, 0.4) is 0 Å². The zero-order chi connectivity index (χ0) is 9.97. The van der Waals surface area contributed by atoms with E-state index in [0.29, 0.717) is 11.7 Å². The van der Waals surface area contributed by atoms with E-state index in [1.165, 1.54) is 25.0 Å². The van der Waals surface area contributed by atoms with Gasteiger partial charge in [0.25, 0.3) is 0 Å². The fraction of sp³-hybridized carbons (Fsp3) is 0.455. The Kier molecular flexibility index (Phi) is 2.66. The molecule has 3 heteroatoms. The summed E-state index contributed by atoms with van der Waals surface area (Å²) in [5.41, 5.74) is 0.550. The molecule has 1 N–H and O–H groups in total. The molecule has 0 radical (unpaired) electrons. The van der Waals surface area contributed by atoms with Crippen LogP contribution < -0.4 is 5.32 Å². The summed E-state index contributed by atoms with van der Waals surface area (Å²) in [4.78, 5) is 0. The molecule has 0 heterocycles. The molecule has 0 unspecified atom stereocenters. The van der Waals surface area contributed by atoms with Crippen LogP contribution in [0.25, 0.3) is 0 Å². The van der Waals surface area contributed by atoms with E-state index >= 15 is 0 Å². The molecule has 1 aromatic rings. The van der Waals surface area contributed by atoms with Gasteiger partial charge < -0.3 is 5.32 Å². The first-order valence-corrected chi connectivity index (χ1v) is 4.97. The molecule has 1 aliphatic carbocycles. The highest BCUT2D eigenvalue weighted by Gasteiger charge is 2.14. The standard InChI is InChI=1S/C11H13F2N/c12-8-5-9(13)7-11(6-8)14-10-3-1-2-4-10/h5-7,10,14H,1-4H2. The number of rotatable bonds is 2. The van der Waals surface area contributed by atoms with Crippen LogP contribution in [0.1, 0.15) is 25.7 Å². The summed E-state index contributed by atoms with van der Waals surface area (Å²) < 4.78 is 25.6. The molecule has 0 bridgehead atoms. The Labute approximate surface area is 82.1 Å². The van der Waals surface area contributed by atoms with Crippen molar-refractivity contribution in [3.8, 4) is 0 Å². The van der Waals surface area contributed by atoms with Crippen molar-refractivity contribution in [3.63, 3.8) is 0 Å². The Bertz CT molecular complexity index is 299. The minimum absolute atomic E-state index is 0.385. The number of hydrogen-bond donors (Lipinski definition) is 1. The minimum atomic E-state index is -0.523. The van der Waals surface area contributed by atoms with Crippen molar-refractivity contribution in [2.75, 3.05) is 5.32 Å². The van der Waals surface area contributed by atoms with E-state index in [9.17, 15) is 8.78 Å². The van der Waals surface area contributed by atoms with Gasteiger partial charge in [-0.1, -0.05) is 12.8 Å². The number of benzene rings is 1. The van der Waals surface area contributed by atoms with Crippen molar-refractivity contribution in [2.45, 2.75) is 31.7 Å². The molecular formula is C11H13F2N. The number of anilines is 1. The van der Waals surface area contributed by atoms with E-state index in [2.05, 4.69) is 5.32 Å². The predicted octanol–water partition coefficient (Wildman–Crippen LogP) is 3.32. The summed E-state index contributed by atoms with van der Waals surface area (Å²) in [5.74, 6) is -1.05. The van der Waals surface area contributed by atoms with Gasteiger partial charge in [-0.05, 0) is 25.0 Å². The van der Waals surface area contributed by atoms with Gasteiger partial charge in [0.05, 0.1) is 0 Å². The van der Waals surface area contributed by atoms with Gasteiger partial charge in [0.15, 0.2) is 0 Å². The topological polar surface area (TPSA) is 12.0 Å². The third kappa shape index (κ3) is 2.22. The fourth-order valence-electron chi connectivity index (χ4n) is 1.94. The van der Waals surface area contributed by atoms with Crippen molar-refractivity contribution in [3.05, 3.63) is 29.8 Å². The lowest BCUT2D eigenvalue weighted by Crippen LogP contribution is -2.14. The monoisotopic (exact) mass is 197 g/mol. The molecule has 0 saturated heterocycles. The van der Waals surface area contributed by atoms with Crippen molar-refractivity contribution >= 4 is 5.69 Å². The number of nitrogens with one attached hydrogen (secondary N) is 1. The van der Waals surface area contributed by atoms with Gasteiger partial charge in [-0.2, -0.15) is 0 Å². The van der Waals surface area contributed by atoms with Crippen LogP contribution in [0.5, 0.6) is 0 Å². The van der Waals surface area contributed by atoms with Crippen molar-refractivity contribution in [1.29, 1.82) is 0 Å². The highest BCUT2D eigenvalue weighted by Crippen LogP contribution is 2.23. The molecule has 0 spiro atoms. The maximum absolute atomic E-state index is 12.8. The van der Waals surface area contributed by atoms with E-state index in [1.807, 2.05) is 0 Å². The van der Waals surface area contributed by atoms with Crippen molar-refractivity contribution in [2.24, 2.45) is 0 Å². The molecule has 76 valence electrons. The fourth-order valence-corrected chi connectivity index (χ4v) is 1.94. The second kappa shape index (κ2) is 3.95.